The third-order valence-electron chi connectivity index (χ3n) is 4.78. The number of rotatable bonds is 8. The molecular formula is C17H30ClN3. The van der Waals surface area contributed by atoms with Gasteiger partial charge in [0.05, 0.1) is 16.4 Å². The van der Waals surface area contributed by atoms with Crippen molar-refractivity contribution in [2.24, 2.45) is 5.92 Å². The normalized spacial score (nSPS) is 17.5. The second kappa shape index (κ2) is 8.19. The molecule has 1 fully saturated rings. The fourth-order valence-electron chi connectivity index (χ4n) is 3.60. The molecular weight excluding hydrogens is 282 g/mol. The topological polar surface area (TPSA) is 29.9 Å². The largest absolute Gasteiger partial charge is 0.314 e. The Labute approximate surface area is 134 Å². The van der Waals surface area contributed by atoms with Gasteiger partial charge in [-0.1, -0.05) is 44.2 Å². The Morgan fingerprint density at radius 2 is 2.05 bits per heavy atom. The maximum Gasteiger partial charge on any atom is 0.0847 e. The van der Waals surface area contributed by atoms with Crippen molar-refractivity contribution in [3.05, 3.63) is 16.4 Å². The van der Waals surface area contributed by atoms with Crippen LogP contribution in [0, 0.1) is 12.8 Å². The Kier molecular flexibility index (Phi) is 6.56. The fraction of sp³-hybridized carbons (Fsp3) is 0.824. The van der Waals surface area contributed by atoms with Crippen molar-refractivity contribution < 1.29 is 0 Å². The van der Waals surface area contributed by atoms with E-state index in [0.717, 1.165) is 36.1 Å². The van der Waals surface area contributed by atoms with Gasteiger partial charge in [0.2, 0.25) is 0 Å². The molecule has 0 radical (unpaired) electrons. The van der Waals surface area contributed by atoms with Crippen LogP contribution in [0.3, 0.4) is 0 Å². The standard InChI is InChI=1S/C17H30ClN3/c1-4-19-15(11-10-14-8-6-7-9-14)12-16-17(18)13(3)20-21(16)5-2/h14-15,19H,4-12H2,1-3H3. The molecule has 0 amide bonds. The van der Waals surface area contributed by atoms with E-state index in [1.807, 2.05) is 6.92 Å². The minimum absolute atomic E-state index is 0.523. The minimum atomic E-state index is 0.523. The number of halogens is 1. The van der Waals surface area contributed by atoms with Crippen molar-refractivity contribution in [2.45, 2.75) is 78.3 Å². The summed E-state index contributed by atoms with van der Waals surface area (Å²) in [5.74, 6) is 0.958. The Morgan fingerprint density at radius 3 is 2.67 bits per heavy atom. The van der Waals surface area contributed by atoms with Gasteiger partial charge in [0.1, 0.15) is 0 Å². The van der Waals surface area contributed by atoms with Crippen LogP contribution in [0.15, 0.2) is 0 Å². The van der Waals surface area contributed by atoms with Gasteiger partial charge in [-0.05, 0) is 39.2 Å². The van der Waals surface area contributed by atoms with Crippen LogP contribution in [-0.2, 0) is 13.0 Å². The van der Waals surface area contributed by atoms with Crippen LogP contribution in [0.5, 0.6) is 0 Å². The zero-order chi connectivity index (χ0) is 15.2. The summed E-state index contributed by atoms with van der Waals surface area (Å²) in [5.41, 5.74) is 2.16. The molecule has 0 spiro atoms. The maximum absolute atomic E-state index is 6.45. The van der Waals surface area contributed by atoms with Gasteiger partial charge in [0, 0.05) is 19.0 Å². The SMILES string of the molecule is CCNC(CCC1CCCC1)Cc1c(Cl)c(C)nn1CC. The molecule has 21 heavy (non-hydrogen) atoms. The molecule has 4 heteroatoms. The number of nitrogens with one attached hydrogen (secondary N) is 1. The highest BCUT2D eigenvalue weighted by Gasteiger charge is 2.20. The molecule has 1 aliphatic rings. The predicted molar refractivity (Wildman–Crippen MR) is 90.0 cm³/mol. The molecule has 1 heterocycles. The first kappa shape index (κ1) is 16.8. The van der Waals surface area contributed by atoms with E-state index in [4.69, 9.17) is 11.6 Å². The van der Waals surface area contributed by atoms with E-state index in [9.17, 15) is 0 Å². The molecule has 0 aliphatic heterocycles. The van der Waals surface area contributed by atoms with Crippen LogP contribution < -0.4 is 5.32 Å². The molecule has 3 nitrogen and oxygen atoms in total. The van der Waals surface area contributed by atoms with E-state index < -0.39 is 0 Å². The van der Waals surface area contributed by atoms with Crippen LogP contribution in [0.4, 0.5) is 0 Å². The van der Waals surface area contributed by atoms with Crippen LogP contribution in [0.1, 0.15) is 63.8 Å². The molecule has 0 saturated heterocycles. The van der Waals surface area contributed by atoms with Gasteiger partial charge in [0.15, 0.2) is 0 Å². The molecule has 0 aromatic carbocycles. The third-order valence-corrected chi connectivity index (χ3v) is 5.28. The molecule has 1 aromatic heterocycles. The molecule has 1 N–H and O–H groups in total. The summed E-state index contributed by atoms with van der Waals surface area (Å²) in [5, 5.41) is 9.04. The summed E-state index contributed by atoms with van der Waals surface area (Å²) in [6.07, 6.45) is 9.34. The number of hydrogen-bond donors (Lipinski definition) is 1. The summed E-state index contributed by atoms with van der Waals surface area (Å²) in [6.45, 7) is 8.23. The van der Waals surface area contributed by atoms with E-state index in [1.54, 1.807) is 0 Å². The quantitative estimate of drug-likeness (QED) is 0.773. The summed E-state index contributed by atoms with van der Waals surface area (Å²) in [7, 11) is 0. The van der Waals surface area contributed by atoms with Gasteiger partial charge in [0.25, 0.3) is 0 Å². The highest BCUT2D eigenvalue weighted by Crippen LogP contribution is 2.30. The minimum Gasteiger partial charge on any atom is -0.314 e. The number of aryl methyl sites for hydroxylation is 2. The lowest BCUT2D eigenvalue weighted by Gasteiger charge is -2.20. The smallest absolute Gasteiger partial charge is 0.0847 e. The van der Waals surface area contributed by atoms with E-state index >= 15 is 0 Å². The van der Waals surface area contributed by atoms with Crippen LogP contribution in [-0.4, -0.2) is 22.4 Å². The molecule has 120 valence electrons. The molecule has 1 aromatic rings. The summed E-state index contributed by atoms with van der Waals surface area (Å²) in [4.78, 5) is 0. The van der Waals surface area contributed by atoms with Gasteiger partial charge in [-0.2, -0.15) is 5.10 Å². The van der Waals surface area contributed by atoms with E-state index in [0.29, 0.717) is 6.04 Å². The third kappa shape index (κ3) is 4.46. The van der Waals surface area contributed by atoms with Crippen LogP contribution in [0.25, 0.3) is 0 Å². The van der Waals surface area contributed by atoms with Gasteiger partial charge in [-0.15, -0.1) is 0 Å². The van der Waals surface area contributed by atoms with Crippen molar-refractivity contribution in [3.8, 4) is 0 Å². The van der Waals surface area contributed by atoms with Gasteiger partial charge >= 0.3 is 0 Å². The molecule has 1 unspecified atom stereocenters. The van der Waals surface area contributed by atoms with Crippen molar-refractivity contribution >= 4 is 11.6 Å². The zero-order valence-electron chi connectivity index (χ0n) is 13.8. The van der Waals surface area contributed by atoms with Crippen LogP contribution in [0.2, 0.25) is 5.02 Å². The van der Waals surface area contributed by atoms with Crippen molar-refractivity contribution in [3.63, 3.8) is 0 Å². The first-order valence-electron chi connectivity index (χ1n) is 8.60. The number of hydrogen-bond acceptors (Lipinski definition) is 2. The Balaban J connectivity index is 1.98. The zero-order valence-corrected chi connectivity index (χ0v) is 14.5. The van der Waals surface area contributed by atoms with Crippen molar-refractivity contribution in [2.75, 3.05) is 6.54 Å². The van der Waals surface area contributed by atoms with Gasteiger partial charge in [-0.3, -0.25) is 4.68 Å². The van der Waals surface area contributed by atoms with E-state index in [-0.39, 0.29) is 0 Å². The van der Waals surface area contributed by atoms with Crippen molar-refractivity contribution in [1.29, 1.82) is 0 Å². The number of aromatic nitrogens is 2. The van der Waals surface area contributed by atoms with Crippen LogP contribution >= 0.6 is 11.6 Å². The molecule has 2 rings (SSSR count). The van der Waals surface area contributed by atoms with Crippen molar-refractivity contribution in [1.82, 2.24) is 15.1 Å². The summed E-state index contributed by atoms with van der Waals surface area (Å²) < 4.78 is 2.07. The lowest BCUT2D eigenvalue weighted by atomic mass is 9.96. The number of nitrogens with zero attached hydrogens (tertiary/aromatic N) is 2. The first-order chi connectivity index (χ1) is 10.2. The second-order valence-electron chi connectivity index (χ2n) is 6.35. The van der Waals surface area contributed by atoms with E-state index in [2.05, 4.69) is 28.9 Å². The first-order valence-corrected chi connectivity index (χ1v) is 8.98. The molecule has 1 aliphatic carbocycles. The molecule has 1 atom stereocenters. The number of likely N-dealkylation sites (N-methyl/N-ethyl adjacent to an activating group) is 1. The highest BCUT2D eigenvalue weighted by atomic mass is 35.5. The average molecular weight is 312 g/mol. The Bertz CT molecular complexity index is 435. The lowest BCUT2D eigenvalue weighted by Crippen LogP contribution is -2.32. The monoisotopic (exact) mass is 311 g/mol. The summed E-state index contributed by atoms with van der Waals surface area (Å²) in [6, 6.07) is 0.523. The Hall–Kier alpha value is -0.540. The van der Waals surface area contributed by atoms with Gasteiger partial charge in [-0.25, -0.2) is 0 Å². The van der Waals surface area contributed by atoms with E-state index in [1.165, 1.54) is 44.2 Å². The maximum atomic E-state index is 6.45. The molecule has 1 saturated carbocycles. The average Bonchev–Trinajstić information content (AvgIpc) is 3.08. The molecule has 0 bridgehead atoms. The highest BCUT2D eigenvalue weighted by molar-refractivity contribution is 6.31. The fourth-order valence-corrected chi connectivity index (χ4v) is 3.81. The predicted octanol–water partition coefficient (Wildman–Crippen LogP) is 4.36. The summed E-state index contributed by atoms with van der Waals surface area (Å²) >= 11 is 6.45. The van der Waals surface area contributed by atoms with Gasteiger partial charge < -0.3 is 5.32 Å². The Morgan fingerprint density at radius 1 is 1.33 bits per heavy atom. The lowest BCUT2D eigenvalue weighted by molar-refractivity contribution is 0.401. The second-order valence-corrected chi connectivity index (χ2v) is 6.73.